The van der Waals surface area contributed by atoms with Crippen LogP contribution < -0.4 is 9.47 Å². The van der Waals surface area contributed by atoms with Crippen molar-refractivity contribution in [3.8, 4) is 11.5 Å². The van der Waals surface area contributed by atoms with Gasteiger partial charge in [-0.05, 0) is 50.8 Å². The molecular formula is C23H33ClO2. The Morgan fingerprint density at radius 3 is 2.00 bits per heavy atom. The van der Waals surface area contributed by atoms with Gasteiger partial charge in [-0.3, -0.25) is 0 Å². The number of fused-ring (bicyclic) bond motifs is 1. The molecule has 0 fully saturated rings. The number of hydrogen-bond donors (Lipinski definition) is 0. The Morgan fingerprint density at radius 2 is 1.35 bits per heavy atom. The van der Waals surface area contributed by atoms with Crippen LogP contribution >= 0.6 is 11.6 Å². The fourth-order valence-electron chi connectivity index (χ4n) is 3.10. The van der Waals surface area contributed by atoms with Crippen molar-refractivity contribution in [2.75, 3.05) is 19.1 Å². The Kier molecular flexibility index (Phi) is 9.70. The summed E-state index contributed by atoms with van der Waals surface area (Å²) in [7, 11) is 0. The maximum atomic E-state index is 6.08. The fraction of sp³-hybridized carbons (Fsp3) is 0.565. The molecule has 0 atom stereocenters. The summed E-state index contributed by atoms with van der Waals surface area (Å²) in [5.41, 5.74) is 1.24. The van der Waals surface area contributed by atoms with Gasteiger partial charge in [0.15, 0.2) is 0 Å². The van der Waals surface area contributed by atoms with Gasteiger partial charge in [0.2, 0.25) is 0 Å². The molecule has 0 spiro atoms. The van der Waals surface area contributed by atoms with E-state index in [9.17, 15) is 0 Å². The Bertz CT molecular complexity index is 654. The average molecular weight is 377 g/mol. The van der Waals surface area contributed by atoms with Crippen molar-refractivity contribution in [1.29, 1.82) is 0 Å². The Hall–Kier alpha value is -1.41. The lowest BCUT2D eigenvalue weighted by Crippen LogP contribution is -2.01. The van der Waals surface area contributed by atoms with E-state index in [4.69, 9.17) is 21.1 Å². The van der Waals surface area contributed by atoms with E-state index in [0.717, 1.165) is 67.0 Å². The molecule has 0 radical (unpaired) electrons. The number of alkyl halides is 1. The molecule has 3 heteroatoms. The molecule has 0 heterocycles. The molecule has 2 aromatic rings. The molecule has 2 nitrogen and oxygen atoms in total. The number of hydrogen-bond acceptors (Lipinski definition) is 2. The van der Waals surface area contributed by atoms with Crippen molar-refractivity contribution in [3.05, 3.63) is 35.9 Å². The van der Waals surface area contributed by atoms with Crippen molar-refractivity contribution in [1.82, 2.24) is 0 Å². The zero-order chi connectivity index (χ0) is 18.6. The van der Waals surface area contributed by atoms with E-state index in [1.165, 1.54) is 31.2 Å². The van der Waals surface area contributed by atoms with Crippen molar-refractivity contribution in [3.63, 3.8) is 0 Å². The molecule has 0 N–H and O–H groups in total. The predicted molar refractivity (Wildman–Crippen MR) is 113 cm³/mol. The van der Waals surface area contributed by atoms with Crippen molar-refractivity contribution >= 4 is 22.4 Å². The first-order valence-corrected chi connectivity index (χ1v) is 10.6. The van der Waals surface area contributed by atoms with E-state index in [1.54, 1.807) is 0 Å². The molecule has 144 valence electrons. The van der Waals surface area contributed by atoms with Crippen molar-refractivity contribution in [2.45, 2.75) is 65.2 Å². The molecule has 0 amide bonds. The highest BCUT2D eigenvalue weighted by Gasteiger charge is 2.09. The van der Waals surface area contributed by atoms with Crippen LogP contribution in [0.3, 0.4) is 0 Å². The molecule has 0 aliphatic rings. The lowest BCUT2D eigenvalue weighted by Gasteiger charge is -2.14. The molecule has 0 saturated carbocycles. The number of ether oxygens (including phenoxy) is 2. The van der Waals surface area contributed by atoms with Crippen LogP contribution in [0, 0.1) is 6.92 Å². The summed E-state index contributed by atoms with van der Waals surface area (Å²) in [4.78, 5) is 0. The monoisotopic (exact) mass is 376 g/mol. The van der Waals surface area contributed by atoms with Gasteiger partial charge in [0.05, 0.1) is 13.2 Å². The fourth-order valence-corrected chi connectivity index (χ4v) is 3.29. The largest absolute Gasteiger partial charge is 0.493 e. The lowest BCUT2D eigenvalue weighted by atomic mass is 10.1. The first kappa shape index (κ1) is 20.9. The number of rotatable bonds is 13. The number of benzene rings is 2. The summed E-state index contributed by atoms with van der Waals surface area (Å²) < 4.78 is 12.1. The van der Waals surface area contributed by atoms with Crippen LogP contribution in [0.4, 0.5) is 0 Å². The molecule has 0 unspecified atom stereocenters. The van der Waals surface area contributed by atoms with Crippen molar-refractivity contribution in [2.24, 2.45) is 0 Å². The van der Waals surface area contributed by atoms with Gasteiger partial charge in [0.1, 0.15) is 11.5 Å². The number of aryl methyl sites for hydroxylation is 1. The molecule has 0 saturated heterocycles. The summed E-state index contributed by atoms with van der Waals surface area (Å²) in [5.74, 6) is 2.64. The van der Waals surface area contributed by atoms with E-state index >= 15 is 0 Å². The minimum atomic E-state index is 0.729. The second kappa shape index (κ2) is 12.1. The minimum absolute atomic E-state index is 0.729. The van der Waals surface area contributed by atoms with E-state index < -0.39 is 0 Å². The molecule has 0 bridgehead atoms. The van der Waals surface area contributed by atoms with Gasteiger partial charge in [-0.15, -0.1) is 11.6 Å². The molecule has 0 aromatic heterocycles. The van der Waals surface area contributed by atoms with Crippen molar-refractivity contribution < 1.29 is 9.47 Å². The second-order valence-electron chi connectivity index (χ2n) is 6.97. The summed E-state index contributed by atoms with van der Waals surface area (Å²) in [6, 6.07) is 10.6. The summed E-state index contributed by atoms with van der Waals surface area (Å²) in [5, 5.41) is 2.29. The van der Waals surface area contributed by atoms with Gasteiger partial charge >= 0.3 is 0 Å². The van der Waals surface area contributed by atoms with Crippen LogP contribution in [0.5, 0.6) is 11.5 Å². The number of halogens is 1. The maximum absolute atomic E-state index is 6.08. The molecule has 2 aromatic carbocycles. The zero-order valence-electron chi connectivity index (χ0n) is 16.4. The summed E-state index contributed by atoms with van der Waals surface area (Å²) in [6.45, 7) is 5.88. The lowest BCUT2D eigenvalue weighted by molar-refractivity contribution is 0.302. The Labute approximate surface area is 163 Å². The van der Waals surface area contributed by atoms with Crippen LogP contribution in [-0.4, -0.2) is 19.1 Å². The van der Waals surface area contributed by atoms with Crippen LogP contribution in [0.25, 0.3) is 10.8 Å². The first-order valence-electron chi connectivity index (χ1n) is 10.1. The highest BCUT2D eigenvalue weighted by Crippen LogP contribution is 2.34. The standard InChI is InChI=1S/C23H33ClO2/c1-3-4-5-6-9-16-25-22-13-14-23(26-17-10-7-8-15-24)21-18-19(2)11-12-20(21)22/h11-14,18H,3-10,15-17H2,1-2H3. The van der Waals surface area contributed by atoms with Gasteiger partial charge in [-0.25, -0.2) is 0 Å². The zero-order valence-corrected chi connectivity index (χ0v) is 17.1. The maximum Gasteiger partial charge on any atom is 0.127 e. The third-order valence-electron chi connectivity index (χ3n) is 4.63. The second-order valence-corrected chi connectivity index (χ2v) is 7.35. The predicted octanol–water partition coefficient (Wildman–Crippen LogP) is 7.29. The van der Waals surface area contributed by atoms with Crippen LogP contribution in [0.2, 0.25) is 0 Å². The van der Waals surface area contributed by atoms with E-state index in [0.29, 0.717) is 0 Å². The third kappa shape index (κ3) is 6.72. The molecule has 2 rings (SSSR count). The Balaban J connectivity index is 1.99. The van der Waals surface area contributed by atoms with Crippen LogP contribution in [0.1, 0.15) is 63.9 Å². The molecule has 0 aliphatic heterocycles. The minimum Gasteiger partial charge on any atom is -0.493 e. The summed E-state index contributed by atoms with van der Waals surface area (Å²) >= 11 is 5.73. The third-order valence-corrected chi connectivity index (χ3v) is 4.90. The topological polar surface area (TPSA) is 18.5 Å². The van der Waals surface area contributed by atoms with Gasteiger partial charge in [-0.1, -0.05) is 50.3 Å². The molecular weight excluding hydrogens is 344 g/mol. The SMILES string of the molecule is CCCCCCCOc1ccc(OCCCCCCl)c2cc(C)ccc12. The molecule has 0 aliphatic carbocycles. The number of unbranched alkanes of at least 4 members (excludes halogenated alkanes) is 6. The van der Waals surface area contributed by atoms with Gasteiger partial charge in [-0.2, -0.15) is 0 Å². The van der Waals surface area contributed by atoms with Gasteiger partial charge in [0, 0.05) is 16.7 Å². The summed E-state index contributed by atoms with van der Waals surface area (Å²) in [6.07, 6.45) is 9.46. The van der Waals surface area contributed by atoms with E-state index in [-0.39, 0.29) is 0 Å². The normalized spacial score (nSPS) is 11.0. The Morgan fingerprint density at radius 1 is 0.731 bits per heavy atom. The smallest absolute Gasteiger partial charge is 0.127 e. The molecule has 26 heavy (non-hydrogen) atoms. The van der Waals surface area contributed by atoms with Crippen LogP contribution in [0.15, 0.2) is 30.3 Å². The van der Waals surface area contributed by atoms with Gasteiger partial charge in [0.25, 0.3) is 0 Å². The quantitative estimate of drug-likeness (QED) is 0.270. The highest BCUT2D eigenvalue weighted by atomic mass is 35.5. The average Bonchev–Trinajstić information content (AvgIpc) is 2.65. The van der Waals surface area contributed by atoms with Gasteiger partial charge < -0.3 is 9.47 Å². The van der Waals surface area contributed by atoms with E-state index in [2.05, 4.69) is 44.2 Å². The van der Waals surface area contributed by atoms with Crippen LogP contribution in [-0.2, 0) is 0 Å². The highest BCUT2D eigenvalue weighted by molar-refractivity contribution is 6.17. The first-order chi connectivity index (χ1) is 12.8. The van der Waals surface area contributed by atoms with E-state index in [1.807, 2.05) is 0 Å².